The van der Waals surface area contributed by atoms with Crippen molar-refractivity contribution in [2.24, 2.45) is 0 Å². The zero-order valence-electron chi connectivity index (χ0n) is 12.7. The molecule has 2 aromatic carbocycles. The Labute approximate surface area is 137 Å². The summed E-state index contributed by atoms with van der Waals surface area (Å²) in [6, 6.07) is 6.72. The highest BCUT2D eigenvalue weighted by molar-refractivity contribution is 7.90. The van der Waals surface area contributed by atoms with E-state index in [1.54, 1.807) is 6.92 Å². The molecule has 1 amide bonds. The van der Waals surface area contributed by atoms with Crippen LogP contribution >= 0.6 is 0 Å². The van der Waals surface area contributed by atoms with Crippen molar-refractivity contribution in [3.8, 4) is 0 Å². The summed E-state index contributed by atoms with van der Waals surface area (Å²) in [5.41, 5.74) is -0.235. The first kappa shape index (κ1) is 17.5. The van der Waals surface area contributed by atoms with Crippen molar-refractivity contribution in [2.45, 2.75) is 11.8 Å². The summed E-state index contributed by atoms with van der Waals surface area (Å²) >= 11 is 0. The van der Waals surface area contributed by atoms with Crippen molar-refractivity contribution >= 4 is 27.1 Å². The fourth-order valence-corrected chi connectivity index (χ4v) is 2.64. The maximum absolute atomic E-state index is 13.7. The Morgan fingerprint density at radius 3 is 2.46 bits per heavy atom. The van der Waals surface area contributed by atoms with Crippen LogP contribution in [0.2, 0.25) is 0 Å². The Bertz CT molecular complexity index is 941. The molecule has 0 aliphatic rings. The molecule has 0 saturated heterocycles. The molecule has 0 saturated carbocycles. The molecule has 2 rings (SSSR count). The van der Waals surface area contributed by atoms with Crippen LogP contribution in [0.3, 0.4) is 0 Å². The summed E-state index contributed by atoms with van der Waals surface area (Å²) in [6.07, 6.45) is 1.000. The van der Waals surface area contributed by atoms with E-state index in [1.807, 2.05) is 0 Å². The molecule has 0 spiro atoms. The Hall–Kier alpha value is -2.81. The summed E-state index contributed by atoms with van der Waals surface area (Å²) in [5, 5.41) is 13.0. The van der Waals surface area contributed by atoms with E-state index in [4.69, 9.17) is 0 Å². The first-order chi connectivity index (χ1) is 11.1. The highest BCUT2D eigenvalue weighted by Gasteiger charge is 2.17. The summed E-state index contributed by atoms with van der Waals surface area (Å²) in [4.78, 5) is 22.3. The first-order valence-electron chi connectivity index (χ1n) is 6.65. The van der Waals surface area contributed by atoms with Gasteiger partial charge in [0.05, 0.1) is 15.5 Å². The molecular weight excluding hydrogens is 339 g/mol. The second-order valence-electron chi connectivity index (χ2n) is 5.12. The number of rotatable bonds is 4. The molecule has 2 aromatic rings. The lowest BCUT2D eigenvalue weighted by atomic mass is 10.1. The molecule has 9 heteroatoms. The number of amides is 1. The second-order valence-corrected chi connectivity index (χ2v) is 7.14. The number of carbonyl (C=O) groups is 1. The predicted octanol–water partition coefficient (Wildman–Crippen LogP) is 2.70. The molecular formula is C15H13FN2O5S. The van der Waals surface area contributed by atoms with Gasteiger partial charge in [0.1, 0.15) is 5.82 Å². The normalized spacial score (nSPS) is 11.1. The van der Waals surface area contributed by atoms with Gasteiger partial charge >= 0.3 is 0 Å². The van der Waals surface area contributed by atoms with Gasteiger partial charge in [-0.15, -0.1) is 0 Å². The minimum Gasteiger partial charge on any atom is -0.319 e. The van der Waals surface area contributed by atoms with Crippen LogP contribution in [0.15, 0.2) is 41.3 Å². The SMILES string of the molecule is Cc1ccc(S(C)(=O)=O)cc1C(=O)Nc1cc([N+](=O)[O-])ccc1F. The molecule has 1 N–H and O–H groups in total. The van der Waals surface area contributed by atoms with Gasteiger partial charge in [0.2, 0.25) is 0 Å². The van der Waals surface area contributed by atoms with Gasteiger partial charge in [0.15, 0.2) is 9.84 Å². The number of benzene rings is 2. The van der Waals surface area contributed by atoms with Gasteiger partial charge in [-0.3, -0.25) is 14.9 Å². The maximum atomic E-state index is 13.7. The van der Waals surface area contributed by atoms with E-state index in [-0.39, 0.29) is 21.8 Å². The van der Waals surface area contributed by atoms with E-state index in [1.165, 1.54) is 18.2 Å². The molecule has 7 nitrogen and oxygen atoms in total. The molecule has 0 atom stereocenters. The number of nitro groups is 1. The molecule has 0 aliphatic heterocycles. The predicted molar refractivity (Wildman–Crippen MR) is 85.3 cm³/mol. The number of sulfone groups is 1. The fraction of sp³-hybridized carbons (Fsp3) is 0.133. The summed E-state index contributed by atoms with van der Waals surface area (Å²) in [7, 11) is -3.52. The number of nitrogens with one attached hydrogen (secondary N) is 1. The number of nitrogens with zero attached hydrogens (tertiary/aromatic N) is 1. The molecule has 0 unspecified atom stereocenters. The second kappa shape index (κ2) is 6.36. The molecule has 0 radical (unpaired) electrons. The monoisotopic (exact) mass is 352 g/mol. The number of nitro benzene ring substituents is 1. The van der Waals surface area contributed by atoms with Crippen LogP contribution in [-0.2, 0) is 9.84 Å². The Kier molecular flexibility index (Phi) is 4.65. The number of anilines is 1. The third-order valence-corrected chi connectivity index (χ3v) is 4.40. The lowest BCUT2D eigenvalue weighted by Crippen LogP contribution is -2.15. The zero-order chi connectivity index (χ0) is 18.1. The molecule has 24 heavy (non-hydrogen) atoms. The lowest BCUT2D eigenvalue weighted by molar-refractivity contribution is -0.384. The number of hydrogen-bond acceptors (Lipinski definition) is 5. The van der Waals surface area contributed by atoms with E-state index in [0.29, 0.717) is 5.56 Å². The van der Waals surface area contributed by atoms with Crippen LogP contribution in [0.4, 0.5) is 15.8 Å². The molecule has 0 aromatic heterocycles. The Morgan fingerprint density at radius 2 is 1.88 bits per heavy atom. The van der Waals surface area contributed by atoms with Gasteiger partial charge in [0.25, 0.3) is 11.6 Å². The first-order valence-corrected chi connectivity index (χ1v) is 8.55. The third-order valence-electron chi connectivity index (χ3n) is 3.29. The Morgan fingerprint density at radius 1 is 1.21 bits per heavy atom. The van der Waals surface area contributed by atoms with Crippen molar-refractivity contribution in [2.75, 3.05) is 11.6 Å². The standard InChI is InChI=1S/C15H13FN2O5S/c1-9-3-5-11(24(2,22)23)8-12(9)15(19)17-14-7-10(18(20)21)4-6-13(14)16/h3-8H,1-2H3,(H,17,19). The molecule has 126 valence electrons. The van der Waals surface area contributed by atoms with Crippen LogP contribution in [-0.4, -0.2) is 25.5 Å². The fourth-order valence-electron chi connectivity index (χ4n) is 1.99. The van der Waals surface area contributed by atoms with Crippen molar-refractivity contribution in [3.05, 3.63) is 63.5 Å². The lowest BCUT2D eigenvalue weighted by Gasteiger charge is -2.10. The number of non-ortho nitro benzene ring substituents is 1. The van der Waals surface area contributed by atoms with Crippen molar-refractivity contribution in [1.82, 2.24) is 0 Å². The van der Waals surface area contributed by atoms with E-state index in [0.717, 1.165) is 24.5 Å². The van der Waals surface area contributed by atoms with Crippen LogP contribution < -0.4 is 5.32 Å². The van der Waals surface area contributed by atoms with Gasteiger partial charge in [-0.2, -0.15) is 0 Å². The third kappa shape index (κ3) is 3.74. The molecule has 0 bridgehead atoms. The van der Waals surface area contributed by atoms with Crippen molar-refractivity contribution < 1.29 is 22.5 Å². The minimum absolute atomic E-state index is 0.0313. The highest BCUT2D eigenvalue weighted by atomic mass is 32.2. The summed E-state index contributed by atoms with van der Waals surface area (Å²) in [6.45, 7) is 1.59. The average Bonchev–Trinajstić information content (AvgIpc) is 2.48. The van der Waals surface area contributed by atoms with E-state index < -0.39 is 26.5 Å². The van der Waals surface area contributed by atoms with E-state index in [9.17, 15) is 27.7 Å². The molecule has 0 heterocycles. The smallest absolute Gasteiger partial charge is 0.271 e. The van der Waals surface area contributed by atoms with Gasteiger partial charge in [0, 0.05) is 24.0 Å². The van der Waals surface area contributed by atoms with Crippen LogP contribution in [0.25, 0.3) is 0 Å². The average molecular weight is 352 g/mol. The topological polar surface area (TPSA) is 106 Å². The van der Waals surface area contributed by atoms with Crippen LogP contribution in [0.5, 0.6) is 0 Å². The van der Waals surface area contributed by atoms with E-state index >= 15 is 0 Å². The van der Waals surface area contributed by atoms with Crippen molar-refractivity contribution in [3.63, 3.8) is 0 Å². The maximum Gasteiger partial charge on any atom is 0.271 e. The number of carbonyl (C=O) groups excluding carboxylic acids is 1. The Balaban J connectivity index is 2.41. The largest absolute Gasteiger partial charge is 0.319 e. The van der Waals surface area contributed by atoms with Crippen LogP contribution in [0, 0.1) is 22.9 Å². The van der Waals surface area contributed by atoms with Crippen LogP contribution in [0.1, 0.15) is 15.9 Å². The number of aryl methyl sites for hydroxylation is 1. The minimum atomic E-state index is -3.52. The summed E-state index contributed by atoms with van der Waals surface area (Å²) < 4.78 is 36.9. The van der Waals surface area contributed by atoms with E-state index in [2.05, 4.69) is 5.32 Å². The quantitative estimate of drug-likeness (QED) is 0.672. The van der Waals surface area contributed by atoms with Gasteiger partial charge in [-0.1, -0.05) is 6.07 Å². The zero-order valence-corrected chi connectivity index (χ0v) is 13.6. The van der Waals surface area contributed by atoms with Gasteiger partial charge < -0.3 is 5.32 Å². The number of hydrogen-bond donors (Lipinski definition) is 1. The number of halogens is 1. The summed E-state index contributed by atoms with van der Waals surface area (Å²) in [5.74, 6) is -1.61. The molecule has 0 fully saturated rings. The van der Waals surface area contributed by atoms with Gasteiger partial charge in [-0.05, 0) is 30.7 Å². The molecule has 0 aliphatic carbocycles. The van der Waals surface area contributed by atoms with Crippen molar-refractivity contribution in [1.29, 1.82) is 0 Å². The van der Waals surface area contributed by atoms with Gasteiger partial charge in [-0.25, -0.2) is 12.8 Å². The highest BCUT2D eigenvalue weighted by Crippen LogP contribution is 2.23.